The minimum Gasteiger partial charge on any atom is -0.481 e. The van der Waals surface area contributed by atoms with Crippen LogP contribution in [0.3, 0.4) is 0 Å². The van der Waals surface area contributed by atoms with Gasteiger partial charge in [-0.1, -0.05) is 35.9 Å². The molecule has 1 atom stereocenters. The molecule has 1 unspecified atom stereocenters. The van der Waals surface area contributed by atoms with Gasteiger partial charge in [-0.15, -0.1) is 0 Å². The van der Waals surface area contributed by atoms with Crippen LogP contribution in [0, 0.1) is 6.92 Å². The van der Waals surface area contributed by atoms with Crippen molar-refractivity contribution in [2.24, 2.45) is 0 Å². The van der Waals surface area contributed by atoms with Crippen LogP contribution in [-0.2, 0) is 11.3 Å². The van der Waals surface area contributed by atoms with Gasteiger partial charge in [0, 0.05) is 11.6 Å². The van der Waals surface area contributed by atoms with Crippen molar-refractivity contribution in [2.75, 3.05) is 0 Å². The first-order valence-corrected chi connectivity index (χ1v) is 7.18. The van der Waals surface area contributed by atoms with E-state index in [1.807, 2.05) is 43.3 Å². The lowest BCUT2D eigenvalue weighted by Gasteiger charge is -2.15. The zero-order valence-corrected chi connectivity index (χ0v) is 12.9. The van der Waals surface area contributed by atoms with Crippen LogP contribution in [0.5, 0.6) is 5.75 Å². The van der Waals surface area contributed by atoms with Crippen LogP contribution in [0.1, 0.15) is 18.1 Å². The molecular formula is C17H18ClNO2. The highest BCUT2D eigenvalue weighted by Gasteiger charge is 2.14. The Morgan fingerprint density at radius 3 is 2.62 bits per heavy atom. The molecule has 3 nitrogen and oxygen atoms in total. The molecule has 0 fully saturated rings. The fourth-order valence-corrected chi connectivity index (χ4v) is 2.01. The Bertz CT molecular complexity index is 610. The molecule has 0 aliphatic rings. The topological polar surface area (TPSA) is 38.3 Å². The minimum atomic E-state index is -0.542. The summed E-state index contributed by atoms with van der Waals surface area (Å²) in [6.07, 6.45) is -0.542. The predicted molar refractivity (Wildman–Crippen MR) is 84.6 cm³/mol. The summed E-state index contributed by atoms with van der Waals surface area (Å²) in [5.74, 6) is 0.551. The number of hydrogen-bond acceptors (Lipinski definition) is 2. The molecule has 0 aliphatic carbocycles. The van der Waals surface area contributed by atoms with E-state index in [1.54, 1.807) is 19.1 Å². The highest BCUT2D eigenvalue weighted by atomic mass is 35.5. The maximum atomic E-state index is 12.0. The second-order valence-corrected chi connectivity index (χ2v) is 5.36. The lowest BCUT2D eigenvalue weighted by atomic mass is 10.2. The van der Waals surface area contributed by atoms with Crippen molar-refractivity contribution < 1.29 is 9.53 Å². The minimum absolute atomic E-state index is 0.147. The van der Waals surface area contributed by atoms with Crippen LogP contribution < -0.4 is 10.1 Å². The Hall–Kier alpha value is -2.00. The zero-order chi connectivity index (χ0) is 15.2. The molecule has 21 heavy (non-hydrogen) atoms. The quantitative estimate of drug-likeness (QED) is 0.914. The highest BCUT2D eigenvalue weighted by Crippen LogP contribution is 2.14. The molecule has 0 saturated carbocycles. The molecule has 1 amide bonds. The molecule has 0 saturated heterocycles. The molecule has 0 aromatic heterocycles. The van der Waals surface area contributed by atoms with E-state index in [9.17, 15) is 4.79 Å². The lowest BCUT2D eigenvalue weighted by molar-refractivity contribution is -0.127. The number of nitrogens with one attached hydrogen (secondary N) is 1. The monoisotopic (exact) mass is 303 g/mol. The number of amides is 1. The van der Waals surface area contributed by atoms with Gasteiger partial charge in [0.1, 0.15) is 5.75 Å². The van der Waals surface area contributed by atoms with Crippen molar-refractivity contribution >= 4 is 17.5 Å². The maximum absolute atomic E-state index is 12.0. The third kappa shape index (κ3) is 4.80. The van der Waals surface area contributed by atoms with E-state index in [2.05, 4.69) is 5.32 Å². The fraction of sp³-hybridized carbons (Fsp3) is 0.235. The van der Waals surface area contributed by atoms with Crippen molar-refractivity contribution in [3.05, 3.63) is 64.7 Å². The smallest absolute Gasteiger partial charge is 0.261 e. The van der Waals surface area contributed by atoms with E-state index in [4.69, 9.17) is 16.3 Å². The number of carbonyl (C=O) groups is 1. The van der Waals surface area contributed by atoms with Gasteiger partial charge in [-0.05, 0) is 49.2 Å². The van der Waals surface area contributed by atoms with Gasteiger partial charge in [0.05, 0.1) is 0 Å². The van der Waals surface area contributed by atoms with Gasteiger partial charge in [-0.25, -0.2) is 0 Å². The van der Waals surface area contributed by atoms with E-state index < -0.39 is 6.10 Å². The van der Waals surface area contributed by atoms with E-state index in [0.29, 0.717) is 17.3 Å². The third-order valence-electron chi connectivity index (χ3n) is 3.05. The van der Waals surface area contributed by atoms with Crippen molar-refractivity contribution in [3.63, 3.8) is 0 Å². The molecule has 2 aromatic rings. The molecule has 0 radical (unpaired) electrons. The average molecular weight is 304 g/mol. The number of ether oxygens (including phenoxy) is 1. The van der Waals surface area contributed by atoms with Gasteiger partial charge >= 0.3 is 0 Å². The number of halogens is 1. The number of aryl methyl sites for hydroxylation is 1. The Balaban J connectivity index is 1.86. The Kier molecular flexibility index (Phi) is 5.23. The molecule has 2 aromatic carbocycles. The van der Waals surface area contributed by atoms with Crippen LogP contribution in [0.4, 0.5) is 0 Å². The van der Waals surface area contributed by atoms with E-state index in [-0.39, 0.29) is 5.91 Å². The maximum Gasteiger partial charge on any atom is 0.261 e. The van der Waals surface area contributed by atoms with Crippen molar-refractivity contribution in [3.8, 4) is 5.75 Å². The summed E-state index contributed by atoms with van der Waals surface area (Å²) >= 11 is 5.82. The van der Waals surface area contributed by atoms with Crippen molar-refractivity contribution in [1.29, 1.82) is 0 Å². The Morgan fingerprint density at radius 1 is 1.24 bits per heavy atom. The first-order chi connectivity index (χ1) is 10.0. The number of rotatable bonds is 5. The molecule has 2 rings (SSSR count). The second-order valence-electron chi connectivity index (χ2n) is 4.92. The van der Waals surface area contributed by atoms with Crippen LogP contribution in [0.15, 0.2) is 48.5 Å². The largest absolute Gasteiger partial charge is 0.481 e. The van der Waals surface area contributed by atoms with Gasteiger partial charge < -0.3 is 10.1 Å². The van der Waals surface area contributed by atoms with E-state index in [1.165, 1.54) is 0 Å². The second kappa shape index (κ2) is 7.14. The SMILES string of the molecule is Cc1cccc(OC(C)C(=O)NCc2ccc(Cl)cc2)c1. The molecule has 0 spiro atoms. The highest BCUT2D eigenvalue weighted by molar-refractivity contribution is 6.30. The lowest BCUT2D eigenvalue weighted by Crippen LogP contribution is -2.35. The fourth-order valence-electron chi connectivity index (χ4n) is 1.88. The van der Waals surface area contributed by atoms with E-state index >= 15 is 0 Å². The molecular weight excluding hydrogens is 286 g/mol. The number of carbonyl (C=O) groups excluding carboxylic acids is 1. The summed E-state index contributed by atoms with van der Waals surface area (Å²) in [6.45, 7) is 4.18. The van der Waals surface area contributed by atoms with E-state index in [0.717, 1.165) is 11.1 Å². The standard InChI is InChI=1S/C17H18ClNO2/c1-12-4-3-5-16(10-12)21-13(2)17(20)19-11-14-6-8-15(18)9-7-14/h3-10,13H,11H2,1-2H3,(H,19,20). The van der Waals surface area contributed by atoms with Gasteiger partial charge in [-0.3, -0.25) is 4.79 Å². The number of benzene rings is 2. The van der Waals surface area contributed by atoms with Crippen LogP contribution in [0.2, 0.25) is 5.02 Å². The van der Waals surface area contributed by atoms with Gasteiger partial charge in [0.15, 0.2) is 6.10 Å². The summed E-state index contributed by atoms with van der Waals surface area (Å²) in [5, 5.41) is 3.53. The first kappa shape index (κ1) is 15.4. The van der Waals surface area contributed by atoms with Crippen LogP contribution in [-0.4, -0.2) is 12.0 Å². The van der Waals surface area contributed by atoms with Crippen LogP contribution >= 0.6 is 11.6 Å². The molecule has 0 bridgehead atoms. The average Bonchev–Trinajstić information content (AvgIpc) is 2.46. The Labute approximate surface area is 129 Å². The summed E-state index contributed by atoms with van der Waals surface area (Å²) in [7, 11) is 0. The molecule has 0 heterocycles. The Morgan fingerprint density at radius 2 is 1.95 bits per heavy atom. The summed E-state index contributed by atoms with van der Waals surface area (Å²) < 4.78 is 5.63. The van der Waals surface area contributed by atoms with Gasteiger partial charge in [-0.2, -0.15) is 0 Å². The molecule has 0 aliphatic heterocycles. The van der Waals surface area contributed by atoms with Crippen molar-refractivity contribution in [1.82, 2.24) is 5.32 Å². The van der Waals surface area contributed by atoms with Gasteiger partial charge in [0.2, 0.25) is 0 Å². The van der Waals surface area contributed by atoms with Crippen LogP contribution in [0.25, 0.3) is 0 Å². The first-order valence-electron chi connectivity index (χ1n) is 6.80. The molecule has 110 valence electrons. The molecule has 1 N–H and O–H groups in total. The number of hydrogen-bond donors (Lipinski definition) is 1. The summed E-state index contributed by atoms with van der Waals surface area (Å²) in [5.41, 5.74) is 2.09. The van der Waals surface area contributed by atoms with Crippen molar-refractivity contribution in [2.45, 2.75) is 26.5 Å². The normalized spacial score (nSPS) is 11.8. The summed E-state index contributed by atoms with van der Waals surface area (Å²) in [4.78, 5) is 12.0. The molecule has 4 heteroatoms. The third-order valence-corrected chi connectivity index (χ3v) is 3.30. The predicted octanol–water partition coefficient (Wildman–Crippen LogP) is 3.73. The zero-order valence-electron chi connectivity index (χ0n) is 12.1. The van der Waals surface area contributed by atoms with Gasteiger partial charge in [0.25, 0.3) is 5.91 Å². The summed E-state index contributed by atoms with van der Waals surface area (Å²) in [6, 6.07) is 15.0.